The summed E-state index contributed by atoms with van der Waals surface area (Å²) in [6.07, 6.45) is 0.833. The normalized spacial score (nSPS) is 11.1. The van der Waals surface area contributed by atoms with Crippen LogP contribution in [-0.2, 0) is 15.0 Å². The van der Waals surface area contributed by atoms with Crippen molar-refractivity contribution in [1.82, 2.24) is 4.90 Å². The van der Waals surface area contributed by atoms with E-state index < -0.39 is 5.82 Å². The lowest BCUT2D eigenvalue weighted by Gasteiger charge is -2.19. The molecule has 0 atom stereocenters. The van der Waals surface area contributed by atoms with Crippen LogP contribution in [0.2, 0.25) is 0 Å². The van der Waals surface area contributed by atoms with Crippen LogP contribution in [0.3, 0.4) is 0 Å². The van der Waals surface area contributed by atoms with Gasteiger partial charge in [0.05, 0.1) is 13.2 Å². The molecule has 0 aromatic heterocycles. The number of hydrogen-bond donors (Lipinski definition) is 1. The molecule has 0 radical (unpaired) electrons. The molecule has 0 bridgehead atoms. The van der Waals surface area contributed by atoms with Crippen molar-refractivity contribution in [3.63, 3.8) is 0 Å². The summed E-state index contributed by atoms with van der Waals surface area (Å²) >= 11 is 0. The molecule has 29 heavy (non-hydrogen) atoms. The average molecular weight is 400 g/mol. The van der Waals surface area contributed by atoms with Crippen LogP contribution in [0.1, 0.15) is 39.2 Å². The Morgan fingerprint density at radius 3 is 2.41 bits per heavy atom. The van der Waals surface area contributed by atoms with E-state index in [1.165, 1.54) is 28.7 Å². The van der Waals surface area contributed by atoms with Crippen molar-refractivity contribution in [2.75, 3.05) is 25.5 Å². The van der Waals surface area contributed by atoms with Crippen molar-refractivity contribution in [1.29, 1.82) is 0 Å². The van der Waals surface area contributed by atoms with E-state index in [1.807, 2.05) is 24.3 Å². The highest BCUT2D eigenvalue weighted by Gasteiger charge is 2.14. The van der Waals surface area contributed by atoms with Gasteiger partial charge in [-0.3, -0.25) is 9.59 Å². The molecule has 156 valence electrons. The first-order valence-electron chi connectivity index (χ1n) is 9.68. The second kappa shape index (κ2) is 10.0. The molecule has 0 aliphatic rings. The second-order valence-corrected chi connectivity index (χ2v) is 8.03. The summed E-state index contributed by atoms with van der Waals surface area (Å²) < 4.78 is 18.8. The topological polar surface area (TPSA) is 58.6 Å². The molecular weight excluding hydrogens is 371 g/mol. The van der Waals surface area contributed by atoms with E-state index in [-0.39, 0.29) is 30.2 Å². The number of anilines is 1. The van der Waals surface area contributed by atoms with Gasteiger partial charge in [-0.2, -0.15) is 0 Å². The monoisotopic (exact) mass is 400 g/mol. The molecule has 0 saturated heterocycles. The fourth-order valence-electron chi connectivity index (χ4n) is 2.73. The summed E-state index contributed by atoms with van der Waals surface area (Å²) in [6, 6.07) is 13.6. The Balaban J connectivity index is 1.69. The van der Waals surface area contributed by atoms with Crippen LogP contribution in [-0.4, -0.2) is 36.9 Å². The third-order valence-corrected chi connectivity index (χ3v) is 4.44. The Kier molecular flexibility index (Phi) is 7.76. The maximum absolute atomic E-state index is 13.1. The number of carbonyl (C=O) groups excluding carboxylic acids is 2. The highest BCUT2D eigenvalue weighted by molar-refractivity contribution is 5.94. The van der Waals surface area contributed by atoms with Crippen LogP contribution < -0.4 is 10.1 Å². The van der Waals surface area contributed by atoms with Gasteiger partial charge in [0.1, 0.15) is 11.6 Å². The Morgan fingerprint density at radius 1 is 1.10 bits per heavy atom. The number of ether oxygens (including phenoxy) is 1. The quantitative estimate of drug-likeness (QED) is 0.669. The number of hydrogen-bond acceptors (Lipinski definition) is 3. The number of rotatable bonds is 8. The molecule has 2 rings (SSSR count). The standard InChI is InChI=1S/C23H29FN2O3/c1-23(2,3)17-10-12-20(13-11-17)29-14-6-9-22(28)26(4)16-21(27)25-19-8-5-7-18(24)15-19/h5,7-8,10-13,15H,6,9,14,16H2,1-4H3,(H,25,27). The molecule has 6 heteroatoms. The van der Waals surface area contributed by atoms with E-state index in [9.17, 15) is 14.0 Å². The minimum Gasteiger partial charge on any atom is -0.494 e. The van der Waals surface area contributed by atoms with Crippen molar-refractivity contribution in [3.8, 4) is 5.75 Å². The van der Waals surface area contributed by atoms with Crippen molar-refractivity contribution in [2.45, 2.75) is 39.0 Å². The summed E-state index contributed by atoms with van der Waals surface area (Å²) in [6.45, 7) is 6.80. The molecule has 2 amide bonds. The second-order valence-electron chi connectivity index (χ2n) is 8.03. The number of carbonyl (C=O) groups is 2. The zero-order valence-corrected chi connectivity index (χ0v) is 17.5. The first-order valence-corrected chi connectivity index (χ1v) is 9.68. The third kappa shape index (κ3) is 7.56. The van der Waals surface area contributed by atoms with Crippen LogP contribution in [0.4, 0.5) is 10.1 Å². The lowest BCUT2D eigenvalue weighted by molar-refractivity contribution is -0.133. The number of likely N-dealkylation sites (N-methyl/N-ethyl adjacent to an activating group) is 1. The number of amides is 2. The van der Waals surface area contributed by atoms with Crippen molar-refractivity contribution >= 4 is 17.5 Å². The number of benzene rings is 2. The molecule has 2 aromatic carbocycles. The lowest BCUT2D eigenvalue weighted by Crippen LogP contribution is -2.35. The van der Waals surface area contributed by atoms with Crippen LogP contribution in [0.5, 0.6) is 5.75 Å². The average Bonchev–Trinajstić information content (AvgIpc) is 2.64. The molecule has 0 aliphatic carbocycles. The van der Waals surface area contributed by atoms with E-state index in [2.05, 4.69) is 26.1 Å². The highest BCUT2D eigenvalue weighted by Crippen LogP contribution is 2.24. The molecule has 0 fully saturated rings. The highest BCUT2D eigenvalue weighted by atomic mass is 19.1. The van der Waals surface area contributed by atoms with Crippen LogP contribution in [0.25, 0.3) is 0 Å². The molecule has 5 nitrogen and oxygen atoms in total. The molecule has 0 saturated carbocycles. The summed E-state index contributed by atoms with van der Waals surface area (Å²) in [5.74, 6) is -0.179. The Bertz CT molecular complexity index is 829. The number of halogens is 1. The third-order valence-electron chi connectivity index (χ3n) is 4.44. The van der Waals surface area contributed by atoms with E-state index in [0.717, 1.165) is 5.75 Å². The summed E-state index contributed by atoms with van der Waals surface area (Å²) in [5, 5.41) is 2.57. The molecule has 0 heterocycles. The smallest absolute Gasteiger partial charge is 0.243 e. The summed E-state index contributed by atoms with van der Waals surface area (Å²) in [4.78, 5) is 25.5. The van der Waals surface area contributed by atoms with Gasteiger partial charge in [0, 0.05) is 19.2 Å². The first-order chi connectivity index (χ1) is 13.6. The van der Waals surface area contributed by atoms with E-state index in [0.29, 0.717) is 18.7 Å². The van der Waals surface area contributed by atoms with Crippen molar-refractivity contribution in [2.24, 2.45) is 0 Å². The van der Waals surface area contributed by atoms with Crippen molar-refractivity contribution in [3.05, 3.63) is 59.9 Å². The fourth-order valence-corrected chi connectivity index (χ4v) is 2.73. The Hall–Kier alpha value is -2.89. The zero-order chi connectivity index (χ0) is 21.4. The van der Waals surface area contributed by atoms with Gasteiger partial charge in [-0.1, -0.05) is 39.0 Å². The van der Waals surface area contributed by atoms with Gasteiger partial charge in [-0.05, 0) is 47.7 Å². The van der Waals surface area contributed by atoms with E-state index >= 15 is 0 Å². The van der Waals surface area contributed by atoms with E-state index in [1.54, 1.807) is 13.1 Å². The minimum atomic E-state index is -0.430. The van der Waals surface area contributed by atoms with Gasteiger partial charge in [-0.25, -0.2) is 4.39 Å². The minimum absolute atomic E-state index is 0.0928. The maximum Gasteiger partial charge on any atom is 0.243 e. The molecule has 0 unspecified atom stereocenters. The van der Waals surface area contributed by atoms with Crippen LogP contribution in [0.15, 0.2) is 48.5 Å². The van der Waals surface area contributed by atoms with Gasteiger partial charge in [0.15, 0.2) is 0 Å². The predicted molar refractivity (Wildman–Crippen MR) is 113 cm³/mol. The largest absolute Gasteiger partial charge is 0.494 e. The van der Waals surface area contributed by atoms with Crippen LogP contribution >= 0.6 is 0 Å². The fraction of sp³-hybridized carbons (Fsp3) is 0.391. The van der Waals surface area contributed by atoms with Gasteiger partial charge < -0.3 is 15.0 Å². The maximum atomic E-state index is 13.1. The van der Waals surface area contributed by atoms with Gasteiger partial charge in [0.25, 0.3) is 0 Å². The summed E-state index contributed by atoms with van der Waals surface area (Å²) in [7, 11) is 1.57. The molecular formula is C23H29FN2O3. The molecule has 0 aliphatic heterocycles. The number of nitrogens with zero attached hydrogens (tertiary/aromatic N) is 1. The molecule has 0 spiro atoms. The van der Waals surface area contributed by atoms with E-state index in [4.69, 9.17) is 4.74 Å². The zero-order valence-electron chi connectivity index (χ0n) is 17.5. The van der Waals surface area contributed by atoms with Crippen molar-refractivity contribution < 1.29 is 18.7 Å². The van der Waals surface area contributed by atoms with Crippen LogP contribution in [0, 0.1) is 5.82 Å². The number of nitrogens with one attached hydrogen (secondary N) is 1. The van der Waals surface area contributed by atoms with Gasteiger partial charge >= 0.3 is 0 Å². The Labute approximate surface area is 171 Å². The van der Waals surface area contributed by atoms with Gasteiger partial charge in [-0.15, -0.1) is 0 Å². The predicted octanol–water partition coefficient (Wildman–Crippen LogP) is 4.38. The Morgan fingerprint density at radius 2 is 1.79 bits per heavy atom. The SMILES string of the molecule is CN(CC(=O)Nc1cccc(F)c1)C(=O)CCCOc1ccc(C(C)(C)C)cc1. The lowest BCUT2D eigenvalue weighted by atomic mass is 9.87. The first kappa shape index (κ1) is 22.4. The molecule has 1 N–H and O–H groups in total. The summed E-state index contributed by atoms with van der Waals surface area (Å²) in [5.41, 5.74) is 1.69. The molecule has 2 aromatic rings. The van der Waals surface area contributed by atoms with Gasteiger partial charge in [0.2, 0.25) is 11.8 Å².